The summed E-state index contributed by atoms with van der Waals surface area (Å²) >= 11 is 8.27. The lowest BCUT2D eigenvalue weighted by Gasteiger charge is -2.29. The van der Waals surface area contributed by atoms with E-state index in [4.69, 9.17) is 12.2 Å². The van der Waals surface area contributed by atoms with Gasteiger partial charge in [0, 0.05) is 44.0 Å². The highest BCUT2D eigenvalue weighted by Gasteiger charge is 2.43. The zero-order valence-corrected chi connectivity index (χ0v) is 22.3. The molecule has 4 rings (SSSR count). The average molecular weight is 574 g/mol. The van der Waals surface area contributed by atoms with Crippen LogP contribution in [-0.4, -0.2) is 21.0 Å². The van der Waals surface area contributed by atoms with Gasteiger partial charge in [-0.1, -0.05) is 19.9 Å². The van der Waals surface area contributed by atoms with Crippen molar-refractivity contribution < 1.29 is 4.79 Å². The van der Waals surface area contributed by atoms with Crippen LogP contribution in [0.3, 0.4) is 0 Å². The largest absolute Gasteiger partial charge is 0.362 e. The molecule has 172 valence electrons. The summed E-state index contributed by atoms with van der Waals surface area (Å²) in [5, 5.41) is 7.19. The van der Waals surface area contributed by atoms with E-state index >= 15 is 0 Å². The molecule has 0 radical (unpaired) electrons. The van der Waals surface area contributed by atoms with Crippen LogP contribution >= 0.6 is 34.8 Å². The highest BCUT2D eigenvalue weighted by molar-refractivity contribution is 14.1. The molecule has 0 spiro atoms. The van der Waals surface area contributed by atoms with Gasteiger partial charge in [-0.3, -0.25) is 9.78 Å². The molecule has 8 heteroatoms. The first-order valence-corrected chi connectivity index (χ1v) is 12.4. The number of carbonyl (C=O) groups excluding carboxylic acids is 1. The lowest BCUT2D eigenvalue weighted by molar-refractivity contribution is -0.118. The summed E-state index contributed by atoms with van der Waals surface area (Å²) in [5.41, 5.74) is 7.20. The van der Waals surface area contributed by atoms with Crippen LogP contribution in [0.15, 0.2) is 42.6 Å². The van der Waals surface area contributed by atoms with Gasteiger partial charge in [-0.05, 0) is 91.5 Å². The second-order valence-electron chi connectivity index (χ2n) is 8.74. The fourth-order valence-corrected chi connectivity index (χ4v) is 5.47. The number of rotatable bonds is 5. The van der Waals surface area contributed by atoms with Gasteiger partial charge in [-0.2, -0.15) is 0 Å². The predicted octanol–water partition coefficient (Wildman–Crippen LogP) is 5.71. The number of amides is 1. The zero-order valence-electron chi connectivity index (χ0n) is 19.4. The molecule has 3 aromatic rings. The number of anilines is 2. The van der Waals surface area contributed by atoms with Crippen LogP contribution in [0, 0.1) is 30.3 Å². The van der Waals surface area contributed by atoms with Crippen LogP contribution in [0.2, 0.25) is 0 Å². The second-order valence-corrected chi connectivity index (χ2v) is 10.2. The second kappa shape index (κ2) is 9.42. The van der Waals surface area contributed by atoms with Crippen LogP contribution < -0.4 is 15.5 Å². The Hall–Kier alpha value is -2.46. The molecule has 2 aromatic heterocycles. The molecular weight excluding hydrogens is 545 g/mol. The van der Waals surface area contributed by atoms with Gasteiger partial charge in [-0.25, -0.2) is 0 Å². The van der Waals surface area contributed by atoms with E-state index in [2.05, 4.69) is 68.0 Å². The summed E-state index contributed by atoms with van der Waals surface area (Å²) in [6.07, 6.45) is 1.82. The number of aromatic nitrogens is 2. The molecule has 33 heavy (non-hydrogen) atoms. The molecule has 2 atom stereocenters. The van der Waals surface area contributed by atoms with Crippen molar-refractivity contribution in [3.05, 3.63) is 74.4 Å². The Labute approximate surface area is 213 Å². The maximum absolute atomic E-state index is 12.2. The highest BCUT2D eigenvalue weighted by atomic mass is 127. The molecule has 1 aliphatic rings. The molecule has 1 amide bonds. The van der Waals surface area contributed by atoms with Crippen molar-refractivity contribution in [2.24, 2.45) is 5.92 Å². The van der Waals surface area contributed by atoms with Crippen LogP contribution in [0.25, 0.3) is 0 Å². The smallest absolute Gasteiger partial charge is 0.226 e. The minimum Gasteiger partial charge on any atom is -0.362 e. The van der Waals surface area contributed by atoms with Gasteiger partial charge in [0.2, 0.25) is 5.91 Å². The first kappa shape index (κ1) is 23.7. The third-order valence-electron chi connectivity index (χ3n) is 6.01. The molecule has 0 bridgehead atoms. The van der Waals surface area contributed by atoms with E-state index in [1.54, 1.807) is 0 Å². The fraction of sp³-hybridized carbons (Fsp3) is 0.320. The number of benzene rings is 1. The van der Waals surface area contributed by atoms with Crippen LogP contribution in [0.5, 0.6) is 0 Å². The van der Waals surface area contributed by atoms with Gasteiger partial charge in [0.15, 0.2) is 5.11 Å². The SMILES string of the molecule is Cc1cc(N2C(=S)N[C@@H](c3ccccn3)[C@H]2c2c(C)[nH]c(C)c2I)ccc1NC(=O)C(C)C. The standard InChI is InChI=1S/C25H28IN5OS/c1-13(2)24(32)29-18-10-9-17(12-14(18)3)31-23(20-15(4)28-16(5)21(20)26)22(30-25(31)33)19-8-6-7-11-27-19/h6-13,22-23,28H,1-5H3,(H,29,32)(H,30,33)/t22-,23+/m0/s1. The third kappa shape index (κ3) is 4.50. The Balaban J connectivity index is 1.80. The number of aryl methyl sites for hydroxylation is 3. The van der Waals surface area contributed by atoms with E-state index in [-0.39, 0.29) is 23.9 Å². The van der Waals surface area contributed by atoms with Crippen molar-refractivity contribution in [1.29, 1.82) is 0 Å². The number of aromatic amines is 1. The van der Waals surface area contributed by atoms with E-state index in [1.165, 1.54) is 9.13 Å². The minimum absolute atomic E-state index is 0.00489. The van der Waals surface area contributed by atoms with E-state index in [1.807, 2.05) is 57.3 Å². The van der Waals surface area contributed by atoms with Crippen molar-refractivity contribution in [1.82, 2.24) is 15.3 Å². The lowest BCUT2D eigenvalue weighted by atomic mass is 9.96. The summed E-state index contributed by atoms with van der Waals surface area (Å²) in [5.74, 6) is -0.0740. The first-order chi connectivity index (χ1) is 15.7. The summed E-state index contributed by atoms with van der Waals surface area (Å²) in [6.45, 7) is 9.98. The summed E-state index contributed by atoms with van der Waals surface area (Å²) < 4.78 is 1.20. The quantitative estimate of drug-likeness (QED) is 0.270. The molecule has 3 N–H and O–H groups in total. The van der Waals surface area contributed by atoms with Crippen LogP contribution in [0.4, 0.5) is 11.4 Å². The topological polar surface area (TPSA) is 73.1 Å². The van der Waals surface area contributed by atoms with Gasteiger partial charge < -0.3 is 20.5 Å². The Morgan fingerprint density at radius 2 is 1.94 bits per heavy atom. The number of nitrogens with one attached hydrogen (secondary N) is 3. The number of H-pyrrole nitrogens is 1. The monoisotopic (exact) mass is 573 g/mol. The van der Waals surface area contributed by atoms with Gasteiger partial charge in [-0.15, -0.1) is 0 Å². The Morgan fingerprint density at radius 1 is 1.18 bits per heavy atom. The van der Waals surface area contributed by atoms with Crippen molar-refractivity contribution in [3.8, 4) is 0 Å². The Bertz CT molecular complexity index is 1210. The third-order valence-corrected chi connectivity index (χ3v) is 7.71. The number of hydrogen-bond acceptors (Lipinski definition) is 3. The number of pyridine rings is 1. The van der Waals surface area contributed by atoms with Crippen LogP contribution in [-0.2, 0) is 4.79 Å². The maximum Gasteiger partial charge on any atom is 0.226 e. The minimum atomic E-state index is -0.0956. The molecule has 0 aliphatic carbocycles. The summed E-state index contributed by atoms with van der Waals surface area (Å²) in [6, 6.07) is 11.9. The number of carbonyl (C=O) groups is 1. The molecule has 1 fully saturated rings. The van der Waals surface area contributed by atoms with Crippen molar-refractivity contribution in [2.75, 3.05) is 10.2 Å². The molecule has 6 nitrogen and oxygen atoms in total. The molecule has 1 aliphatic heterocycles. The maximum atomic E-state index is 12.2. The highest BCUT2D eigenvalue weighted by Crippen LogP contribution is 2.45. The van der Waals surface area contributed by atoms with E-state index in [0.717, 1.165) is 34.0 Å². The number of nitrogens with zero attached hydrogens (tertiary/aromatic N) is 2. The summed E-state index contributed by atoms with van der Waals surface area (Å²) in [7, 11) is 0. The average Bonchev–Trinajstić information content (AvgIpc) is 3.24. The van der Waals surface area contributed by atoms with Gasteiger partial charge >= 0.3 is 0 Å². The van der Waals surface area contributed by atoms with Crippen molar-refractivity contribution in [3.63, 3.8) is 0 Å². The molecular formula is C25H28IN5OS. The number of hydrogen-bond donors (Lipinski definition) is 3. The van der Waals surface area contributed by atoms with E-state index < -0.39 is 0 Å². The van der Waals surface area contributed by atoms with Crippen molar-refractivity contribution in [2.45, 2.75) is 46.7 Å². The van der Waals surface area contributed by atoms with Gasteiger partial charge in [0.25, 0.3) is 0 Å². The fourth-order valence-electron chi connectivity index (χ4n) is 4.26. The first-order valence-electron chi connectivity index (χ1n) is 11.0. The van der Waals surface area contributed by atoms with Crippen LogP contribution in [0.1, 0.15) is 54.1 Å². The van der Waals surface area contributed by atoms with Gasteiger partial charge in [0.1, 0.15) is 0 Å². The lowest BCUT2D eigenvalue weighted by Crippen LogP contribution is -2.30. The van der Waals surface area contributed by atoms with Gasteiger partial charge in [0.05, 0.1) is 17.8 Å². The normalized spacial score (nSPS) is 18.0. The molecule has 3 heterocycles. The number of thiocarbonyl (C=S) groups is 1. The summed E-state index contributed by atoms with van der Waals surface area (Å²) in [4.78, 5) is 22.5. The Kier molecular flexibility index (Phi) is 6.76. The van der Waals surface area contributed by atoms with Crippen molar-refractivity contribution >= 4 is 57.2 Å². The van der Waals surface area contributed by atoms with E-state index in [9.17, 15) is 4.79 Å². The predicted molar refractivity (Wildman–Crippen MR) is 146 cm³/mol. The molecule has 1 saturated heterocycles. The number of halogens is 1. The molecule has 1 aromatic carbocycles. The molecule has 0 saturated carbocycles. The molecule has 0 unspecified atom stereocenters. The van der Waals surface area contributed by atoms with E-state index in [0.29, 0.717) is 5.11 Å². The zero-order chi connectivity index (χ0) is 23.9. The Morgan fingerprint density at radius 3 is 2.52 bits per heavy atom.